The fourth-order valence-electron chi connectivity index (χ4n) is 3.99. The van der Waals surface area contributed by atoms with Crippen LogP contribution in [-0.4, -0.2) is 47.9 Å². The van der Waals surface area contributed by atoms with E-state index < -0.39 is 0 Å². The molecule has 2 aromatic rings. The van der Waals surface area contributed by atoms with E-state index in [0.717, 1.165) is 44.0 Å². The van der Waals surface area contributed by atoms with E-state index in [4.69, 9.17) is 5.26 Å². The van der Waals surface area contributed by atoms with Crippen LogP contribution in [0.5, 0.6) is 0 Å². The van der Waals surface area contributed by atoms with Gasteiger partial charge in [-0.15, -0.1) is 0 Å². The Kier molecular flexibility index (Phi) is 7.25. The van der Waals surface area contributed by atoms with Crippen LogP contribution in [0.1, 0.15) is 48.9 Å². The highest BCUT2D eigenvalue weighted by Gasteiger charge is 2.26. The molecule has 1 atom stereocenters. The van der Waals surface area contributed by atoms with E-state index in [2.05, 4.69) is 47.2 Å². The number of carbonyl (C=O) groups is 1. The number of amides is 1. The van der Waals surface area contributed by atoms with Gasteiger partial charge < -0.3 is 5.32 Å². The highest BCUT2D eigenvalue weighted by Crippen LogP contribution is 2.27. The summed E-state index contributed by atoms with van der Waals surface area (Å²) in [6.07, 6.45) is 0. The number of nitriles is 1. The quantitative estimate of drug-likeness (QED) is 0.786. The van der Waals surface area contributed by atoms with Crippen molar-refractivity contribution in [2.24, 2.45) is 0 Å². The molecule has 30 heavy (non-hydrogen) atoms. The van der Waals surface area contributed by atoms with Crippen LogP contribution in [0.15, 0.2) is 42.5 Å². The Labute approximate surface area is 180 Å². The number of anilines is 1. The minimum atomic E-state index is -0.165. The molecule has 1 heterocycles. The molecule has 0 aromatic heterocycles. The number of para-hydroxylation sites is 1. The molecular formula is C25H32N4O. The maximum Gasteiger partial charge on any atom is 0.241 e. The molecule has 0 spiro atoms. The molecule has 0 saturated carbocycles. The Balaban J connectivity index is 1.55. The zero-order chi connectivity index (χ0) is 21.7. The highest BCUT2D eigenvalue weighted by molar-refractivity contribution is 5.96. The van der Waals surface area contributed by atoms with E-state index in [1.54, 1.807) is 0 Å². The Hall–Kier alpha value is -2.68. The fraction of sp³-hybridized carbons (Fsp3) is 0.440. The van der Waals surface area contributed by atoms with Crippen molar-refractivity contribution < 1.29 is 4.79 Å². The van der Waals surface area contributed by atoms with Gasteiger partial charge in [0.2, 0.25) is 5.91 Å². The normalized spacial score (nSPS) is 16.3. The maximum atomic E-state index is 13.0. The number of hydrogen-bond acceptors (Lipinski definition) is 4. The van der Waals surface area contributed by atoms with E-state index in [0.29, 0.717) is 11.5 Å². The first-order chi connectivity index (χ1) is 14.4. The van der Waals surface area contributed by atoms with Gasteiger partial charge in [-0.05, 0) is 48.6 Å². The van der Waals surface area contributed by atoms with Crippen molar-refractivity contribution in [2.45, 2.75) is 46.2 Å². The smallest absolute Gasteiger partial charge is 0.241 e. The number of hydrogen-bond donors (Lipinski definition) is 1. The lowest BCUT2D eigenvalue weighted by molar-refractivity contribution is -0.121. The monoisotopic (exact) mass is 404 g/mol. The second-order valence-corrected chi connectivity index (χ2v) is 8.48. The van der Waals surface area contributed by atoms with Crippen LogP contribution < -0.4 is 5.32 Å². The molecule has 1 N–H and O–H groups in total. The van der Waals surface area contributed by atoms with Crippen molar-refractivity contribution in [3.63, 3.8) is 0 Å². The van der Waals surface area contributed by atoms with E-state index in [1.807, 2.05) is 44.2 Å². The summed E-state index contributed by atoms with van der Waals surface area (Å²) in [5, 5.41) is 12.1. The van der Waals surface area contributed by atoms with Gasteiger partial charge in [0, 0.05) is 38.4 Å². The predicted molar refractivity (Wildman–Crippen MR) is 121 cm³/mol. The average molecular weight is 405 g/mol. The van der Waals surface area contributed by atoms with Gasteiger partial charge in [0.1, 0.15) is 0 Å². The van der Waals surface area contributed by atoms with Gasteiger partial charge in [-0.2, -0.15) is 5.26 Å². The number of piperazine rings is 1. The molecule has 0 aliphatic carbocycles. The first-order valence-electron chi connectivity index (χ1n) is 10.7. The van der Waals surface area contributed by atoms with Crippen LogP contribution in [-0.2, 0) is 11.3 Å². The molecule has 0 bridgehead atoms. The number of nitrogens with zero attached hydrogens (tertiary/aromatic N) is 3. The molecule has 158 valence electrons. The van der Waals surface area contributed by atoms with Gasteiger partial charge in [-0.25, -0.2) is 0 Å². The molecule has 0 unspecified atom stereocenters. The molecule has 1 amide bonds. The van der Waals surface area contributed by atoms with Gasteiger partial charge in [0.25, 0.3) is 0 Å². The summed E-state index contributed by atoms with van der Waals surface area (Å²) in [7, 11) is 0. The lowest BCUT2D eigenvalue weighted by atomic mass is 9.98. The van der Waals surface area contributed by atoms with E-state index in [9.17, 15) is 4.79 Å². The predicted octanol–water partition coefficient (Wildman–Crippen LogP) is 4.13. The van der Waals surface area contributed by atoms with Crippen LogP contribution >= 0.6 is 0 Å². The Bertz CT molecular complexity index is 906. The van der Waals surface area contributed by atoms with E-state index in [1.165, 1.54) is 11.1 Å². The number of nitrogens with one attached hydrogen (secondary N) is 1. The minimum absolute atomic E-state index is 0.0618. The van der Waals surface area contributed by atoms with Crippen LogP contribution in [0.4, 0.5) is 5.69 Å². The molecule has 1 fully saturated rings. The highest BCUT2D eigenvalue weighted by atomic mass is 16.2. The minimum Gasteiger partial charge on any atom is -0.324 e. The summed E-state index contributed by atoms with van der Waals surface area (Å²) in [6.45, 7) is 12.8. The average Bonchev–Trinajstić information content (AvgIpc) is 2.75. The second kappa shape index (κ2) is 9.88. The molecule has 1 saturated heterocycles. The number of aryl methyl sites for hydroxylation is 1. The van der Waals surface area contributed by atoms with Crippen LogP contribution in [0.2, 0.25) is 0 Å². The van der Waals surface area contributed by atoms with Crippen molar-refractivity contribution in [2.75, 3.05) is 31.5 Å². The standard InChI is InChI=1S/C25H32N4O/c1-18(2)23-7-5-6-19(3)24(23)27-25(30)20(4)29-14-12-28(13-15-29)17-22-10-8-21(16-26)9-11-22/h5-11,18,20H,12-15,17H2,1-4H3,(H,27,30)/t20-/m1/s1. The van der Waals surface area contributed by atoms with Crippen molar-refractivity contribution >= 4 is 11.6 Å². The van der Waals surface area contributed by atoms with Gasteiger partial charge in [0.15, 0.2) is 0 Å². The Morgan fingerprint density at radius 2 is 1.73 bits per heavy atom. The largest absolute Gasteiger partial charge is 0.324 e. The second-order valence-electron chi connectivity index (χ2n) is 8.48. The summed E-state index contributed by atoms with van der Waals surface area (Å²) in [5.41, 5.74) is 5.16. The maximum absolute atomic E-state index is 13.0. The molecule has 5 heteroatoms. The molecule has 5 nitrogen and oxygen atoms in total. The topological polar surface area (TPSA) is 59.4 Å². The first-order valence-corrected chi connectivity index (χ1v) is 10.7. The molecule has 2 aromatic carbocycles. The number of carbonyl (C=O) groups excluding carboxylic acids is 1. The third-order valence-corrected chi connectivity index (χ3v) is 6.00. The van der Waals surface area contributed by atoms with Crippen LogP contribution in [0, 0.1) is 18.3 Å². The number of benzene rings is 2. The van der Waals surface area contributed by atoms with Crippen molar-refractivity contribution in [3.8, 4) is 6.07 Å². The summed E-state index contributed by atoms with van der Waals surface area (Å²) in [6, 6.07) is 16.0. The molecule has 1 aliphatic rings. The lowest BCUT2D eigenvalue weighted by Gasteiger charge is -2.37. The molecule has 3 rings (SSSR count). The third-order valence-electron chi connectivity index (χ3n) is 6.00. The van der Waals surface area contributed by atoms with E-state index in [-0.39, 0.29) is 11.9 Å². The van der Waals surface area contributed by atoms with Crippen molar-refractivity contribution in [3.05, 3.63) is 64.7 Å². The summed E-state index contributed by atoms with van der Waals surface area (Å²) >= 11 is 0. The Morgan fingerprint density at radius 3 is 2.33 bits per heavy atom. The van der Waals surface area contributed by atoms with Gasteiger partial charge in [0.05, 0.1) is 17.7 Å². The lowest BCUT2D eigenvalue weighted by Crippen LogP contribution is -2.52. The zero-order valence-corrected chi connectivity index (χ0v) is 18.5. The van der Waals surface area contributed by atoms with E-state index >= 15 is 0 Å². The first kappa shape index (κ1) is 22.0. The SMILES string of the molecule is Cc1cccc(C(C)C)c1NC(=O)[C@@H](C)N1CCN(Cc2ccc(C#N)cc2)CC1. The van der Waals surface area contributed by atoms with Gasteiger partial charge in [-0.3, -0.25) is 14.6 Å². The summed E-state index contributed by atoms with van der Waals surface area (Å²) < 4.78 is 0. The molecular weight excluding hydrogens is 372 g/mol. The van der Waals surface area contributed by atoms with Crippen LogP contribution in [0.25, 0.3) is 0 Å². The summed E-state index contributed by atoms with van der Waals surface area (Å²) in [5.74, 6) is 0.424. The number of rotatable bonds is 6. The van der Waals surface area contributed by atoms with Crippen molar-refractivity contribution in [1.29, 1.82) is 5.26 Å². The Morgan fingerprint density at radius 1 is 1.07 bits per heavy atom. The van der Waals surface area contributed by atoms with Gasteiger partial charge in [-0.1, -0.05) is 44.2 Å². The third kappa shape index (κ3) is 5.27. The van der Waals surface area contributed by atoms with Crippen molar-refractivity contribution in [1.82, 2.24) is 9.80 Å². The molecule has 1 aliphatic heterocycles. The molecule has 0 radical (unpaired) electrons. The van der Waals surface area contributed by atoms with Crippen LogP contribution in [0.3, 0.4) is 0 Å². The fourth-order valence-corrected chi connectivity index (χ4v) is 3.99. The zero-order valence-electron chi connectivity index (χ0n) is 18.5. The summed E-state index contributed by atoms with van der Waals surface area (Å²) in [4.78, 5) is 17.6. The van der Waals surface area contributed by atoms with Gasteiger partial charge >= 0.3 is 0 Å².